The topological polar surface area (TPSA) is 35.2 Å². The Morgan fingerprint density at radius 2 is 2.00 bits per heavy atom. The molecule has 0 amide bonds. The quantitative estimate of drug-likeness (QED) is 0.444. The van der Waals surface area contributed by atoms with E-state index in [-0.39, 0.29) is 0 Å². The van der Waals surface area contributed by atoms with Crippen LogP contribution < -0.4 is 10.5 Å². The van der Waals surface area contributed by atoms with Crippen LogP contribution in [0.2, 0.25) is 0 Å². The van der Waals surface area contributed by atoms with Crippen molar-refractivity contribution < 1.29 is 4.74 Å². The van der Waals surface area contributed by atoms with Gasteiger partial charge in [-0.1, -0.05) is 19.8 Å². The number of ether oxygens (including phenoxy) is 1. The zero-order chi connectivity index (χ0) is 11.8. The molecule has 2 N–H and O–H groups in total. The first-order chi connectivity index (χ1) is 7.76. The highest BCUT2D eigenvalue weighted by molar-refractivity contribution is 7.99. The van der Waals surface area contributed by atoms with Gasteiger partial charge in [0.1, 0.15) is 5.75 Å². The summed E-state index contributed by atoms with van der Waals surface area (Å²) in [4.78, 5) is 1.21. The summed E-state index contributed by atoms with van der Waals surface area (Å²) in [5.74, 6) is 2.03. The van der Waals surface area contributed by atoms with Crippen LogP contribution in [0.25, 0.3) is 0 Å². The third kappa shape index (κ3) is 4.79. The van der Waals surface area contributed by atoms with Gasteiger partial charge in [0.15, 0.2) is 0 Å². The van der Waals surface area contributed by atoms with E-state index in [0.717, 1.165) is 17.2 Å². The molecule has 0 bridgehead atoms. The van der Waals surface area contributed by atoms with E-state index in [9.17, 15) is 0 Å². The Morgan fingerprint density at radius 3 is 2.69 bits per heavy atom. The van der Waals surface area contributed by atoms with Gasteiger partial charge in [-0.2, -0.15) is 0 Å². The van der Waals surface area contributed by atoms with E-state index in [1.807, 2.05) is 30.8 Å². The van der Waals surface area contributed by atoms with Crippen LogP contribution in [0.3, 0.4) is 0 Å². The molecular weight excluding hydrogens is 218 g/mol. The van der Waals surface area contributed by atoms with Crippen molar-refractivity contribution in [2.24, 2.45) is 0 Å². The second-order valence-corrected chi connectivity index (χ2v) is 4.89. The zero-order valence-electron chi connectivity index (χ0n) is 10.2. The van der Waals surface area contributed by atoms with E-state index in [4.69, 9.17) is 10.5 Å². The number of nitrogens with two attached hydrogens (primary N) is 1. The Bertz CT molecular complexity index is 315. The second-order valence-electron chi connectivity index (χ2n) is 3.73. The van der Waals surface area contributed by atoms with Crippen LogP contribution >= 0.6 is 11.8 Å². The number of anilines is 1. The van der Waals surface area contributed by atoms with Crippen LogP contribution in [0.15, 0.2) is 23.1 Å². The minimum Gasteiger partial charge on any atom is -0.494 e. The fourth-order valence-corrected chi connectivity index (χ4v) is 2.47. The maximum absolute atomic E-state index is 5.83. The molecule has 0 aliphatic carbocycles. The van der Waals surface area contributed by atoms with Crippen LogP contribution in [-0.2, 0) is 0 Å². The Labute approximate surface area is 103 Å². The lowest BCUT2D eigenvalue weighted by Gasteiger charge is -2.07. The summed E-state index contributed by atoms with van der Waals surface area (Å²) in [5.41, 5.74) is 6.61. The predicted octanol–water partition coefficient (Wildman–Crippen LogP) is 3.95. The third-order valence-electron chi connectivity index (χ3n) is 2.23. The van der Waals surface area contributed by atoms with E-state index in [1.54, 1.807) is 0 Å². The van der Waals surface area contributed by atoms with Crippen LogP contribution in [0.4, 0.5) is 5.69 Å². The van der Waals surface area contributed by atoms with Gasteiger partial charge in [-0.05, 0) is 31.2 Å². The molecule has 0 spiro atoms. The van der Waals surface area contributed by atoms with Crippen molar-refractivity contribution in [2.75, 3.05) is 18.1 Å². The smallest absolute Gasteiger partial charge is 0.122 e. The summed E-state index contributed by atoms with van der Waals surface area (Å²) in [7, 11) is 0. The van der Waals surface area contributed by atoms with E-state index >= 15 is 0 Å². The summed E-state index contributed by atoms with van der Waals surface area (Å²) >= 11 is 1.85. The van der Waals surface area contributed by atoms with Gasteiger partial charge >= 0.3 is 0 Å². The van der Waals surface area contributed by atoms with Crippen molar-refractivity contribution in [1.82, 2.24) is 0 Å². The molecule has 0 aliphatic heterocycles. The SMILES string of the molecule is CCCCCSc1cc(N)cc(OCC)c1. The van der Waals surface area contributed by atoms with Gasteiger partial charge in [-0.25, -0.2) is 0 Å². The molecule has 1 rings (SSSR count). The second kappa shape index (κ2) is 7.44. The van der Waals surface area contributed by atoms with Crippen molar-refractivity contribution >= 4 is 17.4 Å². The van der Waals surface area contributed by atoms with Gasteiger partial charge in [-0.15, -0.1) is 11.8 Å². The molecule has 0 radical (unpaired) electrons. The first-order valence-electron chi connectivity index (χ1n) is 5.92. The maximum Gasteiger partial charge on any atom is 0.122 e. The fourth-order valence-electron chi connectivity index (χ4n) is 1.47. The molecule has 2 nitrogen and oxygen atoms in total. The fraction of sp³-hybridized carbons (Fsp3) is 0.538. The molecule has 1 aromatic rings. The number of rotatable bonds is 7. The van der Waals surface area contributed by atoms with Gasteiger partial charge in [-0.3, -0.25) is 0 Å². The summed E-state index contributed by atoms with van der Waals surface area (Å²) in [6.45, 7) is 4.89. The molecule has 0 saturated heterocycles. The molecule has 16 heavy (non-hydrogen) atoms. The zero-order valence-corrected chi connectivity index (χ0v) is 11.0. The van der Waals surface area contributed by atoms with Crippen molar-refractivity contribution in [3.63, 3.8) is 0 Å². The van der Waals surface area contributed by atoms with Gasteiger partial charge in [0, 0.05) is 16.6 Å². The lowest BCUT2D eigenvalue weighted by molar-refractivity contribution is 0.339. The van der Waals surface area contributed by atoms with Crippen molar-refractivity contribution in [1.29, 1.82) is 0 Å². The first kappa shape index (κ1) is 13.2. The lowest BCUT2D eigenvalue weighted by atomic mass is 10.3. The standard InChI is InChI=1S/C13H21NOS/c1-3-5-6-7-16-13-9-11(14)8-12(10-13)15-4-2/h8-10H,3-7,14H2,1-2H3. The highest BCUT2D eigenvalue weighted by Crippen LogP contribution is 2.27. The van der Waals surface area contributed by atoms with Gasteiger partial charge in [0.25, 0.3) is 0 Å². The highest BCUT2D eigenvalue weighted by atomic mass is 32.2. The Hall–Kier alpha value is -0.830. The number of hydrogen-bond donors (Lipinski definition) is 1. The molecule has 1 aromatic carbocycles. The van der Waals surface area contributed by atoms with Gasteiger partial charge in [0.05, 0.1) is 6.61 Å². The minimum atomic E-state index is 0.684. The maximum atomic E-state index is 5.83. The van der Waals surface area contributed by atoms with Gasteiger partial charge < -0.3 is 10.5 Å². The van der Waals surface area contributed by atoms with Crippen LogP contribution in [0.1, 0.15) is 33.1 Å². The minimum absolute atomic E-state index is 0.684. The van der Waals surface area contributed by atoms with Gasteiger partial charge in [0.2, 0.25) is 0 Å². The average molecular weight is 239 g/mol. The lowest BCUT2D eigenvalue weighted by Crippen LogP contribution is -1.94. The summed E-state index contributed by atoms with van der Waals surface area (Å²) in [6.07, 6.45) is 3.83. The number of benzene rings is 1. The van der Waals surface area contributed by atoms with Crippen LogP contribution in [0, 0.1) is 0 Å². The molecule has 0 aliphatic rings. The third-order valence-corrected chi connectivity index (χ3v) is 3.29. The number of unbranched alkanes of at least 4 members (excludes halogenated alkanes) is 2. The van der Waals surface area contributed by atoms with E-state index < -0.39 is 0 Å². The monoisotopic (exact) mass is 239 g/mol. The molecule has 0 aromatic heterocycles. The van der Waals surface area contributed by atoms with E-state index in [1.165, 1.54) is 24.2 Å². The Morgan fingerprint density at radius 1 is 1.19 bits per heavy atom. The van der Waals surface area contributed by atoms with Crippen LogP contribution in [-0.4, -0.2) is 12.4 Å². The molecule has 3 heteroatoms. The Balaban J connectivity index is 2.51. The molecule has 0 heterocycles. The Kier molecular flexibility index (Phi) is 6.16. The summed E-state index contributed by atoms with van der Waals surface area (Å²) in [5, 5.41) is 0. The van der Waals surface area contributed by atoms with Crippen molar-refractivity contribution in [3.05, 3.63) is 18.2 Å². The summed E-state index contributed by atoms with van der Waals surface area (Å²) in [6, 6.07) is 5.95. The number of hydrogen-bond acceptors (Lipinski definition) is 3. The predicted molar refractivity (Wildman–Crippen MR) is 72.3 cm³/mol. The number of thioether (sulfide) groups is 1. The molecule has 0 unspecified atom stereocenters. The largest absolute Gasteiger partial charge is 0.494 e. The molecule has 0 saturated carbocycles. The van der Waals surface area contributed by atoms with E-state index in [2.05, 4.69) is 13.0 Å². The normalized spacial score (nSPS) is 10.4. The molecular formula is C13H21NOS. The highest BCUT2D eigenvalue weighted by Gasteiger charge is 2.00. The average Bonchev–Trinajstić information content (AvgIpc) is 2.24. The number of nitrogen functional groups attached to an aromatic ring is 1. The molecule has 90 valence electrons. The molecule has 0 atom stereocenters. The van der Waals surface area contributed by atoms with E-state index in [0.29, 0.717) is 6.61 Å². The van der Waals surface area contributed by atoms with Crippen molar-refractivity contribution in [3.8, 4) is 5.75 Å². The molecule has 0 fully saturated rings. The summed E-state index contributed by atoms with van der Waals surface area (Å²) < 4.78 is 5.46. The van der Waals surface area contributed by atoms with Crippen LogP contribution in [0.5, 0.6) is 5.75 Å². The first-order valence-corrected chi connectivity index (χ1v) is 6.91. The van der Waals surface area contributed by atoms with Crippen molar-refractivity contribution in [2.45, 2.75) is 38.0 Å².